The average Bonchev–Trinajstić information content (AvgIpc) is 3.03. The van der Waals surface area contributed by atoms with E-state index in [0.29, 0.717) is 32.0 Å². The van der Waals surface area contributed by atoms with Crippen LogP contribution in [0.3, 0.4) is 0 Å². The number of methoxy groups -OCH3 is 1. The second kappa shape index (κ2) is 6.97. The maximum absolute atomic E-state index is 12.9. The molecular weight excluding hydrogens is 308 g/mol. The first-order chi connectivity index (χ1) is 11.6. The summed E-state index contributed by atoms with van der Waals surface area (Å²) in [5.41, 5.74) is -0.290. The number of amides is 2. The van der Waals surface area contributed by atoms with Gasteiger partial charge in [0.05, 0.1) is 12.0 Å². The highest BCUT2D eigenvalue weighted by atomic mass is 16.5. The van der Waals surface area contributed by atoms with Gasteiger partial charge >= 0.3 is 0 Å². The molecule has 0 aromatic carbocycles. The molecule has 0 aliphatic carbocycles. The molecule has 2 saturated heterocycles. The molecule has 3 heterocycles. The molecule has 2 amide bonds. The topological polar surface area (TPSA) is 63.0 Å². The summed E-state index contributed by atoms with van der Waals surface area (Å²) in [6, 6.07) is 3.53. The Kier molecular flexibility index (Phi) is 4.94. The number of hydrogen-bond acceptors (Lipinski definition) is 4. The van der Waals surface area contributed by atoms with E-state index in [-0.39, 0.29) is 17.2 Å². The summed E-state index contributed by atoms with van der Waals surface area (Å²) in [7, 11) is 1.66. The highest BCUT2D eigenvalue weighted by Crippen LogP contribution is 2.41. The van der Waals surface area contributed by atoms with Crippen molar-refractivity contribution in [3.63, 3.8) is 0 Å². The number of carbonyl (C=O) groups is 2. The zero-order valence-electron chi connectivity index (χ0n) is 14.5. The van der Waals surface area contributed by atoms with Crippen molar-refractivity contribution in [1.82, 2.24) is 9.80 Å². The zero-order valence-corrected chi connectivity index (χ0v) is 14.5. The van der Waals surface area contributed by atoms with Crippen molar-refractivity contribution in [3.8, 4) is 0 Å². The van der Waals surface area contributed by atoms with E-state index in [1.165, 1.54) is 0 Å². The van der Waals surface area contributed by atoms with Crippen LogP contribution >= 0.6 is 0 Å². The number of piperidine rings is 2. The van der Waals surface area contributed by atoms with Crippen molar-refractivity contribution in [2.24, 2.45) is 5.41 Å². The molecule has 0 bridgehead atoms. The summed E-state index contributed by atoms with van der Waals surface area (Å²) < 4.78 is 10.5. The number of likely N-dealkylation sites (tertiary alicyclic amines) is 2. The van der Waals surface area contributed by atoms with Crippen LogP contribution < -0.4 is 0 Å². The molecule has 0 saturated carbocycles. The van der Waals surface area contributed by atoms with Crippen LogP contribution in [0.4, 0.5) is 0 Å². The lowest BCUT2D eigenvalue weighted by molar-refractivity contribution is -0.150. The Labute approximate surface area is 142 Å². The van der Waals surface area contributed by atoms with E-state index >= 15 is 0 Å². The van der Waals surface area contributed by atoms with Crippen LogP contribution in [0.1, 0.15) is 42.0 Å². The molecule has 2 fully saturated rings. The van der Waals surface area contributed by atoms with Crippen LogP contribution in [0, 0.1) is 12.3 Å². The largest absolute Gasteiger partial charge is 0.456 e. The Bertz CT molecular complexity index is 602. The molecule has 0 unspecified atom stereocenters. The molecule has 2 aliphatic rings. The van der Waals surface area contributed by atoms with E-state index in [9.17, 15) is 9.59 Å². The van der Waals surface area contributed by atoms with Gasteiger partial charge in [-0.05, 0) is 44.7 Å². The number of ether oxygens (including phenoxy) is 1. The Hall–Kier alpha value is -1.82. The first kappa shape index (κ1) is 17.0. The van der Waals surface area contributed by atoms with Gasteiger partial charge in [-0.2, -0.15) is 0 Å². The van der Waals surface area contributed by atoms with E-state index in [1.54, 1.807) is 19.2 Å². The van der Waals surface area contributed by atoms with Crippen molar-refractivity contribution in [3.05, 3.63) is 23.7 Å². The van der Waals surface area contributed by atoms with Crippen molar-refractivity contribution in [1.29, 1.82) is 0 Å². The lowest BCUT2D eigenvalue weighted by Crippen LogP contribution is -2.54. The molecular formula is C18H26N2O4. The van der Waals surface area contributed by atoms with Crippen LogP contribution in [0.15, 0.2) is 16.5 Å². The third kappa shape index (κ3) is 3.20. The van der Waals surface area contributed by atoms with Gasteiger partial charge in [0.2, 0.25) is 5.91 Å². The van der Waals surface area contributed by atoms with Gasteiger partial charge in [-0.3, -0.25) is 9.59 Å². The molecule has 1 aromatic heterocycles. The Balaban J connectivity index is 1.63. The minimum Gasteiger partial charge on any atom is -0.456 e. The molecule has 1 spiro atoms. The molecule has 1 aromatic rings. The second-order valence-corrected chi connectivity index (χ2v) is 6.87. The third-order valence-corrected chi connectivity index (χ3v) is 5.35. The van der Waals surface area contributed by atoms with Crippen molar-refractivity contribution < 1.29 is 18.7 Å². The third-order valence-electron chi connectivity index (χ3n) is 5.35. The van der Waals surface area contributed by atoms with Crippen LogP contribution in [0.2, 0.25) is 0 Å². The van der Waals surface area contributed by atoms with E-state index in [0.717, 1.165) is 38.0 Å². The van der Waals surface area contributed by atoms with Crippen molar-refractivity contribution in [2.75, 3.05) is 39.9 Å². The van der Waals surface area contributed by atoms with Crippen molar-refractivity contribution >= 4 is 11.8 Å². The molecule has 132 valence electrons. The van der Waals surface area contributed by atoms with Crippen LogP contribution in [0.5, 0.6) is 0 Å². The maximum Gasteiger partial charge on any atom is 0.289 e. The Morgan fingerprint density at radius 2 is 2.00 bits per heavy atom. The summed E-state index contributed by atoms with van der Waals surface area (Å²) in [5.74, 6) is 1.30. The summed E-state index contributed by atoms with van der Waals surface area (Å²) in [4.78, 5) is 29.1. The standard InChI is InChI=1S/C18H26N2O4/c1-14-4-5-15(24-14)16(21)19-10-7-18(8-11-19)6-3-9-20(17(18)22)12-13-23-2/h4-5H,3,6-13H2,1-2H3. The van der Waals surface area contributed by atoms with Crippen LogP contribution in [-0.2, 0) is 9.53 Å². The summed E-state index contributed by atoms with van der Waals surface area (Å²) in [5, 5.41) is 0. The van der Waals surface area contributed by atoms with E-state index in [1.807, 2.05) is 16.7 Å². The van der Waals surface area contributed by atoms with E-state index in [4.69, 9.17) is 9.15 Å². The van der Waals surface area contributed by atoms with Gasteiger partial charge in [0, 0.05) is 33.3 Å². The second-order valence-electron chi connectivity index (χ2n) is 6.87. The first-order valence-corrected chi connectivity index (χ1v) is 8.70. The van der Waals surface area contributed by atoms with Gasteiger partial charge in [0.1, 0.15) is 5.76 Å². The average molecular weight is 334 g/mol. The zero-order chi connectivity index (χ0) is 17.2. The predicted octanol–water partition coefficient (Wildman–Crippen LogP) is 2.08. The minimum atomic E-state index is -0.290. The van der Waals surface area contributed by atoms with Crippen LogP contribution in [0.25, 0.3) is 0 Å². The molecule has 3 rings (SSSR count). The number of aryl methyl sites for hydroxylation is 1. The smallest absolute Gasteiger partial charge is 0.289 e. The van der Waals surface area contributed by atoms with E-state index < -0.39 is 0 Å². The summed E-state index contributed by atoms with van der Waals surface area (Å²) in [6.45, 7) is 5.11. The molecule has 24 heavy (non-hydrogen) atoms. The lowest BCUT2D eigenvalue weighted by atomic mass is 9.71. The number of carbonyl (C=O) groups excluding carboxylic acids is 2. The quantitative estimate of drug-likeness (QED) is 0.846. The predicted molar refractivity (Wildman–Crippen MR) is 88.7 cm³/mol. The van der Waals surface area contributed by atoms with Gasteiger partial charge in [0.25, 0.3) is 5.91 Å². The first-order valence-electron chi connectivity index (χ1n) is 8.70. The maximum atomic E-state index is 12.9. The minimum absolute atomic E-state index is 0.0718. The number of nitrogens with zero attached hydrogens (tertiary/aromatic N) is 2. The monoisotopic (exact) mass is 334 g/mol. The fourth-order valence-electron chi connectivity index (χ4n) is 3.87. The number of rotatable bonds is 4. The molecule has 0 radical (unpaired) electrons. The molecule has 6 nitrogen and oxygen atoms in total. The number of hydrogen-bond donors (Lipinski definition) is 0. The van der Waals surface area contributed by atoms with Crippen LogP contribution in [-0.4, -0.2) is 61.5 Å². The number of furan rings is 1. The van der Waals surface area contributed by atoms with Crippen molar-refractivity contribution in [2.45, 2.75) is 32.6 Å². The summed E-state index contributed by atoms with van der Waals surface area (Å²) in [6.07, 6.45) is 3.43. The van der Waals surface area contributed by atoms with Gasteiger partial charge in [0.15, 0.2) is 5.76 Å². The lowest BCUT2D eigenvalue weighted by Gasteiger charge is -2.46. The summed E-state index contributed by atoms with van der Waals surface area (Å²) >= 11 is 0. The SMILES string of the molecule is COCCN1CCCC2(CCN(C(=O)c3ccc(C)o3)CC2)C1=O. The highest BCUT2D eigenvalue weighted by molar-refractivity contribution is 5.92. The molecule has 2 aliphatic heterocycles. The fourth-order valence-corrected chi connectivity index (χ4v) is 3.87. The molecule has 0 N–H and O–H groups in total. The Morgan fingerprint density at radius 3 is 2.62 bits per heavy atom. The molecule has 0 atom stereocenters. The van der Waals surface area contributed by atoms with Gasteiger partial charge in [-0.1, -0.05) is 0 Å². The van der Waals surface area contributed by atoms with Gasteiger partial charge < -0.3 is 19.0 Å². The fraction of sp³-hybridized carbons (Fsp3) is 0.667. The molecule has 6 heteroatoms. The highest BCUT2D eigenvalue weighted by Gasteiger charge is 2.46. The van der Waals surface area contributed by atoms with Gasteiger partial charge in [-0.15, -0.1) is 0 Å². The van der Waals surface area contributed by atoms with Gasteiger partial charge in [-0.25, -0.2) is 0 Å². The Morgan fingerprint density at radius 1 is 1.25 bits per heavy atom. The van der Waals surface area contributed by atoms with E-state index in [2.05, 4.69) is 0 Å². The normalized spacial score (nSPS) is 20.7.